The van der Waals surface area contributed by atoms with Crippen LogP contribution in [0.15, 0.2) is 30.3 Å². The van der Waals surface area contributed by atoms with Crippen LogP contribution in [0.3, 0.4) is 0 Å². The lowest BCUT2D eigenvalue weighted by molar-refractivity contribution is 0.100. The zero-order valence-corrected chi connectivity index (χ0v) is 16.7. The van der Waals surface area contributed by atoms with Crippen LogP contribution in [-0.2, 0) is 11.3 Å². The number of aromatic nitrogens is 1. The number of hydrogen-bond acceptors (Lipinski definition) is 6. The molecule has 2 aromatic rings. The Morgan fingerprint density at radius 3 is 2.43 bits per heavy atom. The highest BCUT2D eigenvalue weighted by Crippen LogP contribution is 2.44. The van der Waals surface area contributed by atoms with Crippen molar-refractivity contribution in [2.45, 2.75) is 38.7 Å². The first-order valence-electron chi connectivity index (χ1n) is 9.55. The molecule has 1 aromatic heterocycles. The Hall–Kier alpha value is -2.60. The Morgan fingerprint density at radius 2 is 1.82 bits per heavy atom. The van der Waals surface area contributed by atoms with Gasteiger partial charge < -0.3 is 18.9 Å². The van der Waals surface area contributed by atoms with Crippen molar-refractivity contribution in [1.82, 2.24) is 4.98 Å². The van der Waals surface area contributed by atoms with Crippen molar-refractivity contribution in [1.29, 1.82) is 0 Å². The number of benzene rings is 1. The first kappa shape index (κ1) is 20.1. The summed E-state index contributed by atoms with van der Waals surface area (Å²) in [6.07, 6.45) is 2.94. The van der Waals surface area contributed by atoms with E-state index in [2.05, 4.69) is 4.98 Å². The number of ketones is 1. The molecule has 0 saturated heterocycles. The van der Waals surface area contributed by atoms with Gasteiger partial charge in [0.1, 0.15) is 23.8 Å². The van der Waals surface area contributed by atoms with Gasteiger partial charge in [0.15, 0.2) is 11.5 Å². The predicted molar refractivity (Wildman–Crippen MR) is 106 cm³/mol. The van der Waals surface area contributed by atoms with Crippen molar-refractivity contribution in [2.75, 3.05) is 27.4 Å². The molecular formula is C22H27NO5. The van der Waals surface area contributed by atoms with E-state index in [0.717, 1.165) is 36.3 Å². The number of ether oxygens (including phenoxy) is 4. The van der Waals surface area contributed by atoms with Gasteiger partial charge in [-0.1, -0.05) is 12.1 Å². The molecule has 3 rings (SSSR count). The zero-order chi connectivity index (χ0) is 19.9. The molecule has 6 nitrogen and oxygen atoms in total. The van der Waals surface area contributed by atoms with Crippen molar-refractivity contribution in [3.63, 3.8) is 0 Å². The molecule has 1 aliphatic rings. The largest absolute Gasteiger partial charge is 0.497 e. The highest BCUT2D eigenvalue weighted by atomic mass is 16.5. The number of Topliss-reactive ketones (excluding diaryl/α,β-unsaturated/α-hetero) is 1. The van der Waals surface area contributed by atoms with Gasteiger partial charge in [0, 0.05) is 39.0 Å². The molecule has 0 unspecified atom stereocenters. The third-order valence-electron chi connectivity index (χ3n) is 4.58. The summed E-state index contributed by atoms with van der Waals surface area (Å²) in [6, 6.07) is 9.43. The van der Waals surface area contributed by atoms with E-state index in [1.165, 1.54) is 6.92 Å². The van der Waals surface area contributed by atoms with Crippen LogP contribution in [0.25, 0.3) is 0 Å². The Bertz CT molecular complexity index is 799. The summed E-state index contributed by atoms with van der Waals surface area (Å²) in [5.74, 6) is 2.20. The highest BCUT2D eigenvalue weighted by molar-refractivity contribution is 5.95. The fourth-order valence-electron chi connectivity index (χ4n) is 2.89. The molecule has 1 heterocycles. The van der Waals surface area contributed by atoms with Gasteiger partial charge >= 0.3 is 0 Å². The van der Waals surface area contributed by atoms with Crippen molar-refractivity contribution >= 4 is 5.78 Å². The van der Waals surface area contributed by atoms with Gasteiger partial charge in [-0.2, -0.15) is 0 Å². The van der Waals surface area contributed by atoms with E-state index in [-0.39, 0.29) is 5.78 Å². The highest BCUT2D eigenvalue weighted by Gasteiger charge is 2.30. The van der Waals surface area contributed by atoms with Gasteiger partial charge in [-0.3, -0.25) is 4.79 Å². The molecule has 0 amide bonds. The minimum absolute atomic E-state index is 0.113. The molecule has 1 fully saturated rings. The number of hydrogen-bond donors (Lipinski definition) is 0. The van der Waals surface area contributed by atoms with Gasteiger partial charge in [-0.15, -0.1) is 0 Å². The second-order valence-electron chi connectivity index (χ2n) is 6.88. The molecule has 1 aromatic carbocycles. The van der Waals surface area contributed by atoms with Gasteiger partial charge in [-0.25, -0.2) is 4.98 Å². The third-order valence-corrected chi connectivity index (χ3v) is 4.58. The van der Waals surface area contributed by atoms with Crippen LogP contribution in [0.2, 0.25) is 0 Å². The van der Waals surface area contributed by atoms with Crippen molar-refractivity contribution < 1.29 is 23.7 Å². The SMILES string of the molecule is COCCCOc1cc(OCc2ccc(OC)cc2)c(C(C)=O)nc1C1CC1. The van der Waals surface area contributed by atoms with Crippen LogP contribution >= 0.6 is 0 Å². The standard InChI is InChI=1S/C22H27NO5/c1-15(24)21-19(28-14-16-5-9-18(26-3)10-6-16)13-20(27-12-4-11-25-2)22(23-21)17-7-8-17/h5-6,9-10,13,17H,4,7-8,11-12,14H2,1-3H3. The van der Waals surface area contributed by atoms with E-state index >= 15 is 0 Å². The lowest BCUT2D eigenvalue weighted by Crippen LogP contribution is -2.10. The summed E-state index contributed by atoms with van der Waals surface area (Å²) in [5.41, 5.74) is 2.20. The first-order valence-corrected chi connectivity index (χ1v) is 9.55. The fourth-order valence-corrected chi connectivity index (χ4v) is 2.89. The van der Waals surface area contributed by atoms with Crippen LogP contribution in [0.4, 0.5) is 0 Å². The summed E-state index contributed by atoms with van der Waals surface area (Å²) in [5, 5.41) is 0. The lowest BCUT2D eigenvalue weighted by Gasteiger charge is -2.16. The summed E-state index contributed by atoms with van der Waals surface area (Å²) in [6.45, 7) is 3.02. The van der Waals surface area contributed by atoms with Crippen molar-refractivity contribution in [3.8, 4) is 17.2 Å². The Morgan fingerprint density at radius 1 is 1.07 bits per heavy atom. The average molecular weight is 385 g/mol. The molecule has 28 heavy (non-hydrogen) atoms. The van der Waals surface area contributed by atoms with Crippen molar-refractivity contribution in [3.05, 3.63) is 47.3 Å². The molecule has 1 saturated carbocycles. The quantitative estimate of drug-likeness (QED) is 0.427. The zero-order valence-electron chi connectivity index (χ0n) is 16.7. The molecule has 0 bridgehead atoms. The molecular weight excluding hydrogens is 358 g/mol. The molecule has 0 N–H and O–H groups in total. The number of nitrogens with zero attached hydrogens (tertiary/aromatic N) is 1. The minimum atomic E-state index is -0.113. The Balaban J connectivity index is 1.79. The number of carbonyl (C=O) groups excluding carboxylic acids is 1. The third kappa shape index (κ3) is 5.23. The summed E-state index contributed by atoms with van der Waals surface area (Å²) in [7, 11) is 3.30. The number of pyridine rings is 1. The maximum Gasteiger partial charge on any atom is 0.181 e. The predicted octanol–water partition coefficient (Wildman–Crippen LogP) is 4.16. The maximum absolute atomic E-state index is 12.2. The Labute approximate surface area is 165 Å². The summed E-state index contributed by atoms with van der Waals surface area (Å²) in [4.78, 5) is 16.8. The number of methoxy groups -OCH3 is 2. The monoisotopic (exact) mass is 385 g/mol. The smallest absolute Gasteiger partial charge is 0.181 e. The first-order chi connectivity index (χ1) is 13.6. The fraction of sp³-hybridized carbons (Fsp3) is 0.455. The molecule has 1 aliphatic carbocycles. The number of carbonyl (C=O) groups is 1. The minimum Gasteiger partial charge on any atom is -0.497 e. The van der Waals surface area contributed by atoms with E-state index in [1.807, 2.05) is 30.3 Å². The second kappa shape index (κ2) is 9.55. The van der Waals surface area contributed by atoms with E-state index in [1.54, 1.807) is 14.2 Å². The average Bonchev–Trinajstić information content (AvgIpc) is 3.55. The van der Waals surface area contributed by atoms with Gasteiger partial charge in [0.2, 0.25) is 0 Å². The van der Waals surface area contributed by atoms with Gasteiger partial charge in [0.05, 0.1) is 19.4 Å². The maximum atomic E-state index is 12.2. The summed E-state index contributed by atoms with van der Waals surface area (Å²) >= 11 is 0. The molecule has 0 radical (unpaired) electrons. The van der Waals surface area contributed by atoms with Crippen LogP contribution in [0, 0.1) is 0 Å². The van der Waals surface area contributed by atoms with Crippen LogP contribution in [0.1, 0.15) is 53.8 Å². The van der Waals surface area contributed by atoms with E-state index < -0.39 is 0 Å². The van der Waals surface area contributed by atoms with Gasteiger partial charge in [-0.05, 0) is 30.5 Å². The lowest BCUT2D eigenvalue weighted by atomic mass is 10.1. The van der Waals surface area contributed by atoms with Crippen LogP contribution in [0.5, 0.6) is 17.2 Å². The molecule has 0 aliphatic heterocycles. The van der Waals surface area contributed by atoms with Crippen molar-refractivity contribution in [2.24, 2.45) is 0 Å². The van der Waals surface area contributed by atoms with Crippen LogP contribution in [-0.4, -0.2) is 38.2 Å². The molecule has 0 spiro atoms. The Kier molecular flexibility index (Phi) is 6.87. The number of rotatable bonds is 11. The van der Waals surface area contributed by atoms with Crippen LogP contribution < -0.4 is 14.2 Å². The van der Waals surface area contributed by atoms with E-state index in [9.17, 15) is 4.79 Å². The van der Waals surface area contributed by atoms with E-state index in [4.69, 9.17) is 18.9 Å². The second-order valence-corrected chi connectivity index (χ2v) is 6.88. The normalized spacial score (nSPS) is 13.2. The topological polar surface area (TPSA) is 66.9 Å². The summed E-state index contributed by atoms with van der Waals surface area (Å²) < 4.78 is 22.1. The van der Waals surface area contributed by atoms with E-state index in [0.29, 0.717) is 42.9 Å². The van der Waals surface area contributed by atoms with Gasteiger partial charge in [0.25, 0.3) is 0 Å². The molecule has 150 valence electrons. The molecule has 6 heteroatoms. The molecule has 0 atom stereocenters.